The van der Waals surface area contributed by atoms with Gasteiger partial charge in [0.1, 0.15) is 71.3 Å². The summed E-state index contributed by atoms with van der Waals surface area (Å²) in [7, 11) is 1.27. The normalized spacial score (nSPS) is 37.2. The minimum Gasteiger partial charge on any atom is -0.507 e. The first-order chi connectivity index (χ1) is 25.5. The van der Waals surface area contributed by atoms with Gasteiger partial charge in [-0.2, -0.15) is 0 Å². The van der Waals surface area contributed by atoms with E-state index in [1.807, 2.05) is 0 Å². The van der Waals surface area contributed by atoms with Crippen LogP contribution in [0.1, 0.15) is 20.8 Å². The Hall–Kier alpha value is -3.83. The SMILES string of the molecule is COc1cc(-c2oc3cc(OC4OC(C)C(O)C(O)C4O)cc(O)c3c(=O)c2OC2OC(COC3OC(C)C(C)C(O)C3O)C(O)C(O)C2O)ccc1O. The van der Waals surface area contributed by atoms with Gasteiger partial charge in [-0.05, 0) is 32.0 Å². The quantitative estimate of drug-likeness (QED) is 0.117. The van der Waals surface area contributed by atoms with Crippen molar-refractivity contribution in [3.8, 4) is 40.1 Å². The van der Waals surface area contributed by atoms with Crippen molar-refractivity contribution >= 4 is 11.0 Å². The summed E-state index contributed by atoms with van der Waals surface area (Å²) in [5, 5.41) is 105. The highest BCUT2D eigenvalue weighted by molar-refractivity contribution is 5.88. The average molecular weight is 769 g/mol. The van der Waals surface area contributed by atoms with Crippen LogP contribution in [0.4, 0.5) is 0 Å². The van der Waals surface area contributed by atoms with Crippen molar-refractivity contribution in [2.75, 3.05) is 13.7 Å². The lowest BCUT2D eigenvalue weighted by atomic mass is 9.92. The van der Waals surface area contributed by atoms with Crippen LogP contribution in [0.15, 0.2) is 39.5 Å². The summed E-state index contributed by atoms with van der Waals surface area (Å²) in [5.74, 6) is -2.68. The number of ether oxygens (including phenoxy) is 7. The molecule has 0 aliphatic carbocycles. The van der Waals surface area contributed by atoms with Gasteiger partial charge in [0.15, 0.2) is 23.5 Å². The van der Waals surface area contributed by atoms with Crippen molar-refractivity contribution in [2.45, 2.75) is 107 Å². The van der Waals surface area contributed by atoms with E-state index in [4.69, 9.17) is 37.6 Å². The average Bonchev–Trinajstić information content (AvgIpc) is 3.14. The summed E-state index contributed by atoms with van der Waals surface area (Å²) < 4.78 is 45.3. The predicted octanol–water partition coefficient (Wildman–Crippen LogP) is -1.61. The molecule has 0 amide bonds. The molecule has 54 heavy (non-hydrogen) atoms. The molecule has 298 valence electrons. The number of fused-ring (bicyclic) bond motifs is 1. The molecule has 15 atom stereocenters. The van der Waals surface area contributed by atoms with Crippen LogP contribution in [0.5, 0.6) is 28.7 Å². The first-order valence-corrected chi connectivity index (χ1v) is 17.1. The van der Waals surface area contributed by atoms with Gasteiger partial charge in [0.25, 0.3) is 0 Å². The van der Waals surface area contributed by atoms with E-state index < -0.39 is 121 Å². The Morgan fingerprint density at radius 3 is 1.98 bits per heavy atom. The van der Waals surface area contributed by atoms with Gasteiger partial charge in [-0.3, -0.25) is 4.79 Å². The van der Waals surface area contributed by atoms with E-state index in [0.717, 1.165) is 6.07 Å². The van der Waals surface area contributed by atoms with Gasteiger partial charge < -0.3 is 88.6 Å². The second kappa shape index (κ2) is 15.7. The van der Waals surface area contributed by atoms with Crippen LogP contribution in [-0.4, -0.2) is 151 Å². The summed E-state index contributed by atoms with van der Waals surface area (Å²) in [5.41, 5.74) is -1.26. The monoisotopic (exact) mass is 768 g/mol. The molecule has 15 unspecified atom stereocenters. The van der Waals surface area contributed by atoms with E-state index in [9.17, 15) is 55.9 Å². The molecule has 6 rings (SSSR count). The molecule has 3 aromatic rings. The second-order valence-electron chi connectivity index (χ2n) is 13.6. The first-order valence-electron chi connectivity index (χ1n) is 17.1. The zero-order valence-corrected chi connectivity index (χ0v) is 29.4. The fraction of sp³-hybridized carbons (Fsp3) is 0.571. The number of hydrogen-bond donors (Lipinski definition) is 10. The zero-order chi connectivity index (χ0) is 39.3. The van der Waals surface area contributed by atoms with Crippen molar-refractivity contribution in [1.82, 2.24) is 0 Å². The number of aliphatic hydroxyl groups excluding tert-OH is 8. The number of hydrogen-bond acceptors (Lipinski definition) is 19. The molecule has 2 aromatic carbocycles. The van der Waals surface area contributed by atoms with Crippen LogP contribution < -0.4 is 19.6 Å². The molecule has 19 heteroatoms. The maximum atomic E-state index is 14.2. The highest BCUT2D eigenvalue weighted by Gasteiger charge is 2.48. The van der Waals surface area contributed by atoms with Crippen molar-refractivity contribution in [2.24, 2.45) is 5.92 Å². The van der Waals surface area contributed by atoms with Crippen LogP contribution in [0.2, 0.25) is 0 Å². The summed E-state index contributed by atoms with van der Waals surface area (Å²) in [6.07, 6.45) is -20.7. The number of phenolic OH excluding ortho intramolecular Hbond substituents is 2. The molecule has 0 radical (unpaired) electrons. The Labute approximate surface area is 306 Å². The molecule has 1 aromatic heterocycles. The maximum absolute atomic E-state index is 14.2. The van der Waals surface area contributed by atoms with Gasteiger partial charge in [-0.15, -0.1) is 0 Å². The van der Waals surface area contributed by atoms with Gasteiger partial charge in [-0.25, -0.2) is 0 Å². The molecular formula is C35H44O19. The van der Waals surface area contributed by atoms with Crippen molar-refractivity contribution < 1.29 is 88.6 Å². The third-order valence-corrected chi connectivity index (χ3v) is 9.99. The molecule has 3 fully saturated rings. The molecule has 19 nitrogen and oxygen atoms in total. The van der Waals surface area contributed by atoms with E-state index in [2.05, 4.69) is 0 Å². The standard InChI is InChI=1S/C35H44O19/c1-11-12(2)49-33(28(44)22(11)38)48-10-20-24(40)27(43)30(46)35(53-20)54-32-25(41)21-17(37)8-15(51-34-29(45)26(42)23(39)13(3)50-34)9-19(21)52-31(32)14-5-6-16(36)18(7-14)47-4/h5-9,11-13,20,22-24,26-30,33-40,42-46H,10H2,1-4H3. The van der Waals surface area contributed by atoms with Crippen molar-refractivity contribution in [1.29, 1.82) is 0 Å². The number of rotatable bonds is 9. The van der Waals surface area contributed by atoms with Crippen molar-refractivity contribution in [3.05, 3.63) is 40.6 Å². The van der Waals surface area contributed by atoms with E-state index >= 15 is 0 Å². The Morgan fingerprint density at radius 1 is 0.667 bits per heavy atom. The van der Waals surface area contributed by atoms with E-state index in [0.29, 0.717) is 0 Å². The van der Waals surface area contributed by atoms with E-state index in [-0.39, 0.29) is 34.2 Å². The number of benzene rings is 2. The lowest BCUT2D eigenvalue weighted by Crippen LogP contribution is -2.61. The molecule has 0 bridgehead atoms. The third kappa shape index (κ3) is 7.42. The minimum absolute atomic E-state index is 0.0508. The van der Waals surface area contributed by atoms with Crippen LogP contribution in [0.25, 0.3) is 22.3 Å². The molecular weight excluding hydrogens is 724 g/mol. The largest absolute Gasteiger partial charge is 0.507 e. The van der Waals surface area contributed by atoms with Gasteiger partial charge in [0, 0.05) is 23.6 Å². The second-order valence-corrected chi connectivity index (χ2v) is 13.6. The Morgan fingerprint density at radius 2 is 1.30 bits per heavy atom. The Bertz CT molecular complexity index is 1850. The topological polar surface area (TPSA) is 297 Å². The summed E-state index contributed by atoms with van der Waals surface area (Å²) in [6, 6.07) is 5.99. The Balaban J connectivity index is 1.35. The summed E-state index contributed by atoms with van der Waals surface area (Å²) in [6.45, 7) is 4.24. The van der Waals surface area contributed by atoms with Crippen LogP contribution >= 0.6 is 0 Å². The highest BCUT2D eigenvalue weighted by atomic mass is 16.7. The van der Waals surface area contributed by atoms with Gasteiger partial charge >= 0.3 is 0 Å². The molecule has 3 aliphatic heterocycles. The molecule has 3 saturated heterocycles. The Kier molecular flexibility index (Phi) is 11.6. The number of aromatic hydroxyl groups is 2. The lowest BCUT2D eigenvalue weighted by molar-refractivity contribution is -0.313. The fourth-order valence-corrected chi connectivity index (χ4v) is 6.45. The number of phenols is 2. The molecule has 0 saturated carbocycles. The highest BCUT2D eigenvalue weighted by Crippen LogP contribution is 2.40. The summed E-state index contributed by atoms with van der Waals surface area (Å²) >= 11 is 0. The molecule has 3 aliphatic rings. The van der Waals surface area contributed by atoms with Gasteiger partial charge in [-0.1, -0.05) is 6.92 Å². The fourth-order valence-electron chi connectivity index (χ4n) is 6.45. The number of methoxy groups -OCH3 is 1. The molecule has 4 heterocycles. The zero-order valence-electron chi connectivity index (χ0n) is 29.4. The van der Waals surface area contributed by atoms with Crippen LogP contribution in [0.3, 0.4) is 0 Å². The lowest BCUT2D eigenvalue weighted by Gasteiger charge is -2.42. The van der Waals surface area contributed by atoms with Gasteiger partial charge in [0.2, 0.25) is 23.8 Å². The number of aliphatic hydroxyl groups is 8. The van der Waals surface area contributed by atoms with Crippen LogP contribution in [-0.2, 0) is 18.9 Å². The smallest absolute Gasteiger partial charge is 0.239 e. The van der Waals surface area contributed by atoms with Crippen molar-refractivity contribution in [3.63, 3.8) is 0 Å². The first kappa shape index (κ1) is 39.9. The van der Waals surface area contributed by atoms with Gasteiger partial charge in [0.05, 0.1) is 32.0 Å². The molecule has 0 spiro atoms. The summed E-state index contributed by atoms with van der Waals surface area (Å²) in [4.78, 5) is 14.2. The third-order valence-electron chi connectivity index (χ3n) is 9.99. The van der Waals surface area contributed by atoms with E-state index in [1.165, 1.54) is 38.3 Å². The minimum atomic E-state index is -1.98. The maximum Gasteiger partial charge on any atom is 0.239 e. The molecule has 10 N–H and O–H groups in total. The predicted molar refractivity (Wildman–Crippen MR) is 180 cm³/mol. The van der Waals surface area contributed by atoms with E-state index in [1.54, 1.807) is 13.8 Å². The van der Waals surface area contributed by atoms with Crippen LogP contribution in [0, 0.1) is 5.92 Å².